The van der Waals surface area contributed by atoms with E-state index in [-0.39, 0.29) is 0 Å². The van der Waals surface area contributed by atoms with Crippen molar-refractivity contribution in [3.63, 3.8) is 0 Å². The van der Waals surface area contributed by atoms with Crippen LogP contribution in [0.3, 0.4) is 0 Å². The summed E-state index contributed by atoms with van der Waals surface area (Å²) in [4.78, 5) is 7.51. The van der Waals surface area contributed by atoms with E-state index in [0.29, 0.717) is 6.04 Å². The lowest BCUT2D eigenvalue weighted by molar-refractivity contribution is 0.151. The van der Waals surface area contributed by atoms with Crippen molar-refractivity contribution < 1.29 is 0 Å². The molecular formula is C19H36N6. The van der Waals surface area contributed by atoms with Gasteiger partial charge in [-0.1, -0.05) is 19.8 Å². The van der Waals surface area contributed by atoms with E-state index in [0.717, 1.165) is 38.6 Å². The molecule has 1 aliphatic heterocycles. The molecule has 1 aromatic heterocycles. The minimum atomic E-state index is 0.611. The number of likely N-dealkylation sites (tertiary alicyclic amines) is 1. The molecule has 142 valence electrons. The third-order valence-corrected chi connectivity index (χ3v) is 4.77. The van der Waals surface area contributed by atoms with E-state index in [1.165, 1.54) is 45.2 Å². The van der Waals surface area contributed by atoms with Gasteiger partial charge in [-0.05, 0) is 51.8 Å². The van der Waals surface area contributed by atoms with Gasteiger partial charge in [0, 0.05) is 38.1 Å². The van der Waals surface area contributed by atoms with Gasteiger partial charge in [-0.25, -0.2) is 0 Å². The van der Waals surface area contributed by atoms with Crippen molar-refractivity contribution in [2.75, 3.05) is 32.7 Å². The van der Waals surface area contributed by atoms with Crippen LogP contribution < -0.4 is 10.6 Å². The molecule has 1 aromatic rings. The number of rotatable bonds is 10. The third-order valence-electron chi connectivity index (χ3n) is 4.77. The average molecular weight is 349 g/mol. The van der Waals surface area contributed by atoms with Crippen LogP contribution in [0.5, 0.6) is 0 Å². The molecule has 6 heteroatoms. The molecule has 0 aromatic carbocycles. The SMILES string of the molecule is CCCCN1CCCCC1CN=C(NCC)NCCCn1cccn1. The van der Waals surface area contributed by atoms with Crippen LogP contribution in [0.15, 0.2) is 23.5 Å². The van der Waals surface area contributed by atoms with Crippen molar-refractivity contribution in [1.29, 1.82) is 0 Å². The predicted molar refractivity (Wildman–Crippen MR) is 105 cm³/mol. The number of aryl methyl sites for hydroxylation is 1. The maximum atomic E-state index is 4.86. The fraction of sp³-hybridized carbons (Fsp3) is 0.789. The maximum Gasteiger partial charge on any atom is 0.191 e. The van der Waals surface area contributed by atoms with E-state index in [1.54, 1.807) is 0 Å². The molecule has 0 bridgehead atoms. The summed E-state index contributed by atoms with van der Waals surface area (Å²) in [6, 6.07) is 2.58. The molecule has 2 heterocycles. The molecule has 2 N–H and O–H groups in total. The zero-order valence-electron chi connectivity index (χ0n) is 16.1. The molecule has 1 atom stereocenters. The van der Waals surface area contributed by atoms with Crippen LogP contribution in [0.25, 0.3) is 0 Å². The number of hydrogen-bond acceptors (Lipinski definition) is 3. The van der Waals surface area contributed by atoms with E-state index in [2.05, 4.69) is 34.5 Å². The van der Waals surface area contributed by atoms with Crippen LogP contribution >= 0.6 is 0 Å². The van der Waals surface area contributed by atoms with Gasteiger partial charge in [0.15, 0.2) is 5.96 Å². The number of piperidine rings is 1. The Balaban J connectivity index is 1.76. The zero-order valence-corrected chi connectivity index (χ0v) is 16.1. The fourth-order valence-electron chi connectivity index (χ4n) is 3.34. The van der Waals surface area contributed by atoms with Crippen LogP contribution in [0.2, 0.25) is 0 Å². The third kappa shape index (κ3) is 7.46. The van der Waals surface area contributed by atoms with Crippen LogP contribution in [0, 0.1) is 0 Å². The van der Waals surface area contributed by atoms with Crippen LogP contribution in [-0.2, 0) is 6.54 Å². The number of unbranched alkanes of at least 4 members (excludes halogenated alkanes) is 1. The van der Waals surface area contributed by atoms with Crippen molar-refractivity contribution >= 4 is 5.96 Å². The van der Waals surface area contributed by atoms with Crippen molar-refractivity contribution in [2.45, 2.75) is 65.0 Å². The summed E-state index contributed by atoms with van der Waals surface area (Å²) in [7, 11) is 0. The van der Waals surface area contributed by atoms with Gasteiger partial charge in [0.25, 0.3) is 0 Å². The summed E-state index contributed by atoms with van der Waals surface area (Å²) in [5, 5.41) is 11.1. The number of nitrogens with one attached hydrogen (secondary N) is 2. The summed E-state index contributed by atoms with van der Waals surface area (Å²) in [5.74, 6) is 0.948. The Kier molecular flexibility index (Phi) is 9.41. The van der Waals surface area contributed by atoms with Crippen molar-refractivity contribution in [3.8, 4) is 0 Å². The summed E-state index contributed by atoms with van der Waals surface area (Å²) in [6.45, 7) is 10.5. The van der Waals surface area contributed by atoms with Gasteiger partial charge < -0.3 is 10.6 Å². The van der Waals surface area contributed by atoms with Gasteiger partial charge in [-0.15, -0.1) is 0 Å². The fourth-order valence-corrected chi connectivity index (χ4v) is 3.34. The monoisotopic (exact) mass is 348 g/mol. The Morgan fingerprint density at radius 2 is 2.12 bits per heavy atom. The highest BCUT2D eigenvalue weighted by Gasteiger charge is 2.21. The summed E-state index contributed by atoms with van der Waals surface area (Å²) < 4.78 is 1.97. The molecule has 0 spiro atoms. The number of aliphatic imine (C=N–C) groups is 1. The van der Waals surface area contributed by atoms with Crippen molar-refractivity contribution in [3.05, 3.63) is 18.5 Å². The molecule has 1 fully saturated rings. The highest BCUT2D eigenvalue weighted by atomic mass is 15.3. The number of guanidine groups is 1. The first-order valence-electron chi connectivity index (χ1n) is 10.1. The molecule has 0 saturated carbocycles. The lowest BCUT2D eigenvalue weighted by Crippen LogP contribution is -2.43. The van der Waals surface area contributed by atoms with Gasteiger partial charge in [0.2, 0.25) is 0 Å². The van der Waals surface area contributed by atoms with Crippen molar-refractivity contribution in [2.24, 2.45) is 4.99 Å². The molecule has 0 amide bonds. The molecule has 1 unspecified atom stereocenters. The minimum Gasteiger partial charge on any atom is -0.357 e. The van der Waals surface area contributed by atoms with E-state index in [9.17, 15) is 0 Å². The molecule has 25 heavy (non-hydrogen) atoms. The van der Waals surface area contributed by atoms with E-state index in [4.69, 9.17) is 4.99 Å². The Morgan fingerprint density at radius 3 is 2.88 bits per heavy atom. The molecule has 6 nitrogen and oxygen atoms in total. The summed E-state index contributed by atoms with van der Waals surface area (Å²) in [6.07, 6.45) is 11.4. The Hall–Kier alpha value is -1.56. The van der Waals surface area contributed by atoms with Gasteiger partial charge >= 0.3 is 0 Å². The maximum absolute atomic E-state index is 4.86. The summed E-state index contributed by atoms with van der Waals surface area (Å²) >= 11 is 0. The second kappa shape index (κ2) is 11.9. The first-order chi connectivity index (χ1) is 12.3. The number of nitrogens with zero attached hydrogens (tertiary/aromatic N) is 4. The van der Waals surface area contributed by atoms with Gasteiger partial charge in [0.05, 0.1) is 6.54 Å². The second-order valence-electron chi connectivity index (χ2n) is 6.81. The molecule has 2 rings (SSSR count). The van der Waals surface area contributed by atoms with Crippen LogP contribution in [-0.4, -0.2) is 59.4 Å². The highest BCUT2D eigenvalue weighted by Crippen LogP contribution is 2.17. The topological polar surface area (TPSA) is 57.5 Å². The molecule has 0 radical (unpaired) electrons. The van der Waals surface area contributed by atoms with E-state index >= 15 is 0 Å². The smallest absolute Gasteiger partial charge is 0.191 e. The molecule has 1 saturated heterocycles. The van der Waals surface area contributed by atoms with Gasteiger partial charge in [0.1, 0.15) is 0 Å². The van der Waals surface area contributed by atoms with Gasteiger partial charge in [-0.2, -0.15) is 5.10 Å². The molecular weight excluding hydrogens is 312 g/mol. The summed E-state index contributed by atoms with van der Waals surface area (Å²) in [5.41, 5.74) is 0. The normalized spacial score (nSPS) is 19.1. The lowest BCUT2D eigenvalue weighted by Gasteiger charge is -2.35. The Morgan fingerprint density at radius 1 is 1.20 bits per heavy atom. The predicted octanol–water partition coefficient (Wildman–Crippen LogP) is 2.48. The van der Waals surface area contributed by atoms with Gasteiger partial charge in [-0.3, -0.25) is 14.6 Å². The van der Waals surface area contributed by atoms with E-state index in [1.807, 2.05) is 23.1 Å². The molecule has 0 aliphatic carbocycles. The molecule has 1 aliphatic rings. The minimum absolute atomic E-state index is 0.611. The second-order valence-corrected chi connectivity index (χ2v) is 6.81. The van der Waals surface area contributed by atoms with Crippen molar-refractivity contribution in [1.82, 2.24) is 25.3 Å². The lowest BCUT2D eigenvalue weighted by atomic mass is 10.0. The van der Waals surface area contributed by atoms with Crippen LogP contribution in [0.4, 0.5) is 0 Å². The zero-order chi connectivity index (χ0) is 17.7. The highest BCUT2D eigenvalue weighted by molar-refractivity contribution is 5.79. The number of hydrogen-bond donors (Lipinski definition) is 2. The first-order valence-corrected chi connectivity index (χ1v) is 10.1. The first kappa shape index (κ1) is 19.8. The quantitative estimate of drug-likeness (QED) is 0.387. The average Bonchev–Trinajstić information content (AvgIpc) is 3.15. The van der Waals surface area contributed by atoms with E-state index < -0.39 is 0 Å². The number of aromatic nitrogens is 2. The Labute approximate surface area is 153 Å². The van der Waals surface area contributed by atoms with Crippen LogP contribution in [0.1, 0.15) is 52.4 Å². The largest absolute Gasteiger partial charge is 0.357 e. The Bertz CT molecular complexity index is 470. The standard InChI is InChI=1S/C19H36N6/c1-3-5-13-24-14-7-6-10-18(24)17-22-19(20-4-2)21-11-8-15-25-16-9-12-23-25/h9,12,16,18H,3-8,10-11,13-15,17H2,1-2H3,(H2,20,21,22).